The Morgan fingerprint density at radius 1 is 0.871 bits per heavy atom. The Morgan fingerprint density at radius 3 is 2.26 bits per heavy atom. The lowest BCUT2D eigenvalue weighted by molar-refractivity contribution is -0.317. The maximum Gasteiger partial charge on any atom is 0.302 e. The van der Waals surface area contributed by atoms with Crippen LogP contribution in [0.4, 0.5) is 0 Å². The van der Waals surface area contributed by atoms with E-state index in [4.69, 9.17) is 23.7 Å². The van der Waals surface area contributed by atoms with Crippen LogP contribution in [0, 0.1) is 34.5 Å². The van der Waals surface area contributed by atoms with Crippen LogP contribution in [0.5, 0.6) is 0 Å². The van der Waals surface area contributed by atoms with Crippen molar-refractivity contribution in [2.45, 2.75) is 89.8 Å². The summed E-state index contributed by atoms with van der Waals surface area (Å²) in [6.45, 7) is 9.25. The first kappa shape index (κ1) is 20.9. The summed E-state index contributed by atoms with van der Waals surface area (Å²) in [6.07, 6.45) is 8.42. The summed E-state index contributed by atoms with van der Waals surface area (Å²) in [4.78, 5) is 11.6. The van der Waals surface area contributed by atoms with Crippen molar-refractivity contribution < 1.29 is 28.5 Å². The van der Waals surface area contributed by atoms with Gasteiger partial charge in [0.15, 0.2) is 11.6 Å². The van der Waals surface area contributed by atoms with E-state index in [9.17, 15) is 4.79 Å². The molecule has 7 atom stereocenters. The van der Waals surface area contributed by atoms with Gasteiger partial charge in [-0.2, -0.15) is 0 Å². The monoisotopic (exact) mass is 434 g/mol. The predicted molar refractivity (Wildman–Crippen MR) is 112 cm³/mol. The molecule has 0 amide bonds. The van der Waals surface area contributed by atoms with Gasteiger partial charge in [0, 0.05) is 31.1 Å². The van der Waals surface area contributed by atoms with Crippen LogP contribution in [0.2, 0.25) is 0 Å². The van der Waals surface area contributed by atoms with E-state index in [2.05, 4.69) is 13.8 Å². The Kier molecular flexibility index (Phi) is 4.65. The van der Waals surface area contributed by atoms with E-state index in [0.29, 0.717) is 50.1 Å². The minimum absolute atomic E-state index is 0.0190. The SMILES string of the molecule is CC(=O)O[C@@H]1CC[C@@]2(C)[C@H](C1)CC1(OCCO1)[C@@H]1[C@H]2CC[C@@]2(C)[C@@H]1CCC21OCCO1. The summed E-state index contributed by atoms with van der Waals surface area (Å²) in [5.74, 6) is 0.836. The zero-order valence-electron chi connectivity index (χ0n) is 19.3. The van der Waals surface area contributed by atoms with Crippen LogP contribution in [0.3, 0.4) is 0 Å². The zero-order chi connectivity index (χ0) is 21.5. The van der Waals surface area contributed by atoms with E-state index in [1.165, 1.54) is 13.3 Å². The van der Waals surface area contributed by atoms with Gasteiger partial charge in [0.05, 0.1) is 26.4 Å². The fourth-order valence-electron chi connectivity index (χ4n) is 9.17. The molecule has 6 aliphatic rings. The number of carbonyl (C=O) groups is 1. The third-order valence-electron chi connectivity index (χ3n) is 10.5. The second kappa shape index (κ2) is 6.91. The highest BCUT2D eigenvalue weighted by atomic mass is 16.7. The number of fused-ring (bicyclic) bond motifs is 7. The van der Waals surface area contributed by atoms with E-state index in [1.54, 1.807) is 0 Å². The quantitative estimate of drug-likeness (QED) is 0.580. The first-order valence-corrected chi connectivity index (χ1v) is 12.6. The van der Waals surface area contributed by atoms with Crippen molar-refractivity contribution in [1.29, 1.82) is 0 Å². The van der Waals surface area contributed by atoms with Gasteiger partial charge in [-0.25, -0.2) is 0 Å². The van der Waals surface area contributed by atoms with Gasteiger partial charge >= 0.3 is 5.97 Å². The Bertz CT molecular complexity index is 740. The molecule has 31 heavy (non-hydrogen) atoms. The minimum Gasteiger partial charge on any atom is -0.463 e. The van der Waals surface area contributed by atoms with E-state index in [1.807, 2.05) is 0 Å². The highest BCUT2D eigenvalue weighted by Crippen LogP contribution is 2.72. The van der Waals surface area contributed by atoms with E-state index in [-0.39, 0.29) is 22.9 Å². The van der Waals surface area contributed by atoms with Gasteiger partial charge in [-0.15, -0.1) is 0 Å². The topological polar surface area (TPSA) is 63.2 Å². The lowest BCUT2D eigenvalue weighted by atomic mass is 9.43. The summed E-state index contributed by atoms with van der Waals surface area (Å²) in [7, 11) is 0. The molecular formula is C25H38O6. The van der Waals surface area contributed by atoms with Crippen molar-refractivity contribution in [2.75, 3.05) is 26.4 Å². The van der Waals surface area contributed by atoms with Crippen molar-refractivity contribution in [3.63, 3.8) is 0 Å². The second-order valence-corrected chi connectivity index (χ2v) is 11.6. The number of carbonyl (C=O) groups excluding carboxylic acids is 1. The van der Waals surface area contributed by atoms with Crippen LogP contribution in [0.15, 0.2) is 0 Å². The molecule has 2 spiro atoms. The van der Waals surface area contributed by atoms with Crippen LogP contribution in [-0.2, 0) is 28.5 Å². The molecule has 4 aliphatic carbocycles. The smallest absolute Gasteiger partial charge is 0.302 e. The van der Waals surface area contributed by atoms with E-state index >= 15 is 0 Å². The maximum atomic E-state index is 11.6. The Hall–Kier alpha value is -0.690. The normalized spacial score (nSPS) is 49.6. The highest BCUT2D eigenvalue weighted by Gasteiger charge is 2.72. The van der Waals surface area contributed by atoms with Gasteiger partial charge in [0.2, 0.25) is 0 Å². The molecular weight excluding hydrogens is 396 g/mol. The lowest BCUT2D eigenvalue weighted by Gasteiger charge is -2.65. The summed E-state index contributed by atoms with van der Waals surface area (Å²) >= 11 is 0. The molecule has 6 nitrogen and oxygen atoms in total. The number of rotatable bonds is 1. The van der Waals surface area contributed by atoms with Crippen molar-refractivity contribution in [3.05, 3.63) is 0 Å². The van der Waals surface area contributed by atoms with Gasteiger partial charge in [0.1, 0.15) is 6.10 Å². The maximum absolute atomic E-state index is 11.6. The average Bonchev–Trinajstić information content (AvgIpc) is 3.45. The Morgan fingerprint density at radius 2 is 1.55 bits per heavy atom. The average molecular weight is 435 g/mol. The molecule has 6 heteroatoms. The largest absolute Gasteiger partial charge is 0.463 e. The molecule has 0 bridgehead atoms. The van der Waals surface area contributed by atoms with Crippen molar-refractivity contribution in [1.82, 2.24) is 0 Å². The lowest BCUT2D eigenvalue weighted by Crippen LogP contribution is -2.65. The zero-order valence-corrected chi connectivity index (χ0v) is 19.3. The van der Waals surface area contributed by atoms with Gasteiger partial charge in [-0.1, -0.05) is 13.8 Å². The van der Waals surface area contributed by atoms with Gasteiger partial charge in [-0.3, -0.25) is 4.79 Å². The molecule has 0 aromatic heterocycles. The molecule has 0 N–H and O–H groups in total. The standard InChI is InChI=1S/C25H38O6/c1-16(26)31-18-4-7-22(2)17(14-18)15-24(27-10-11-28-24)21-19(22)5-8-23(3)20(21)6-9-25(23)29-12-13-30-25/h17-21H,4-15H2,1-3H3/t17-,18-,19-,20-,21-,22+,23+/m1/s1. The summed E-state index contributed by atoms with van der Waals surface area (Å²) < 4.78 is 31.4. The number of ether oxygens (including phenoxy) is 5. The fourth-order valence-corrected chi connectivity index (χ4v) is 9.17. The molecule has 174 valence electrons. The first-order chi connectivity index (χ1) is 14.8. The van der Waals surface area contributed by atoms with E-state index in [0.717, 1.165) is 44.9 Å². The molecule has 6 rings (SSSR count). The van der Waals surface area contributed by atoms with Crippen LogP contribution in [0.1, 0.15) is 72.1 Å². The summed E-state index contributed by atoms with van der Waals surface area (Å²) in [6, 6.07) is 0. The molecule has 2 heterocycles. The molecule has 2 aliphatic heterocycles. The second-order valence-electron chi connectivity index (χ2n) is 11.6. The van der Waals surface area contributed by atoms with Crippen molar-refractivity contribution in [2.24, 2.45) is 34.5 Å². The van der Waals surface area contributed by atoms with Gasteiger partial charge in [0.25, 0.3) is 0 Å². The van der Waals surface area contributed by atoms with E-state index < -0.39 is 11.6 Å². The van der Waals surface area contributed by atoms with Crippen LogP contribution < -0.4 is 0 Å². The first-order valence-electron chi connectivity index (χ1n) is 12.6. The molecule has 0 aromatic carbocycles. The third kappa shape index (κ3) is 2.74. The Labute approximate surface area is 185 Å². The van der Waals surface area contributed by atoms with Crippen molar-refractivity contribution >= 4 is 5.97 Å². The minimum atomic E-state index is -0.497. The number of hydrogen-bond acceptors (Lipinski definition) is 6. The third-order valence-corrected chi connectivity index (χ3v) is 10.5. The molecule has 0 aromatic rings. The fraction of sp³-hybridized carbons (Fsp3) is 0.960. The van der Waals surface area contributed by atoms with Crippen molar-refractivity contribution in [3.8, 4) is 0 Å². The predicted octanol–water partition coefficient (Wildman–Crippen LogP) is 4.06. The molecule has 0 radical (unpaired) electrons. The Balaban J connectivity index is 1.36. The molecule has 0 unspecified atom stereocenters. The molecule has 2 saturated heterocycles. The number of esters is 1. The molecule has 4 saturated carbocycles. The number of hydrogen-bond donors (Lipinski definition) is 0. The summed E-state index contributed by atoms with van der Waals surface area (Å²) in [5, 5.41) is 0. The van der Waals surface area contributed by atoms with Crippen LogP contribution in [0.25, 0.3) is 0 Å². The molecule has 6 fully saturated rings. The van der Waals surface area contributed by atoms with Gasteiger partial charge < -0.3 is 23.7 Å². The van der Waals surface area contributed by atoms with Gasteiger partial charge in [-0.05, 0) is 61.7 Å². The highest BCUT2D eigenvalue weighted by molar-refractivity contribution is 5.66. The summed E-state index contributed by atoms with van der Waals surface area (Å²) in [5.41, 5.74) is 0.265. The van der Waals surface area contributed by atoms with Crippen LogP contribution >= 0.6 is 0 Å². The van der Waals surface area contributed by atoms with Crippen LogP contribution in [-0.4, -0.2) is 50.1 Å².